The molecule has 216 valence electrons. The van der Waals surface area contributed by atoms with E-state index in [0.29, 0.717) is 17.8 Å². The molecule has 8 bridgehead atoms. The van der Waals surface area contributed by atoms with Gasteiger partial charge in [-0.3, -0.25) is 0 Å². The molecule has 0 aliphatic carbocycles. The van der Waals surface area contributed by atoms with E-state index in [1.807, 2.05) is 0 Å². The lowest BCUT2D eigenvalue weighted by Crippen LogP contribution is -1.99. The van der Waals surface area contributed by atoms with Gasteiger partial charge in [-0.15, -0.1) is 0 Å². The molecule has 0 atom stereocenters. The van der Waals surface area contributed by atoms with Crippen LogP contribution >= 0.6 is 0 Å². The molecular weight excluding hydrogens is 507 g/mol. The molecule has 2 aliphatic heterocycles. The van der Waals surface area contributed by atoms with E-state index >= 15 is 4.39 Å². The SMILES string of the molecule is CCC1=C(CC)c2nc1cc1ccc(cc3c(CC)c(CC)c(c(F)c4nc(c2CC)C(CC)=C4CC)n3CC)[nH]1. The van der Waals surface area contributed by atoms with Crippen LogP contribution in [0.3, 0.4) is 0 Å². The third kappa shape index (κ3) is 4.58. The molecule has 5 rings (SSSR count). The zero-order valence-corrected chi connectivity index (χ0v) is 26.2. The molecule has 0 amide bonds. The highest BCUT2D eigenvalue weighted by Gasteiger charge is 2.28. The lowest BCUT2D eigenvalue weighted by atomic mass is 9.93. The molecule has 0 saturated carbocycles. The second-order valence-corrected chi connectivity index (χ2v) is 10.9. The van der Waals surface area contributed by atoms with Gasteiger partial charge >= 0.3 is 0 Å². The van der Waals surface area contributed by atoms with Crippen molar-refractivity contribution in [3.63, 3.8) is 0 Å². The number of fused-ring (bicyclic) bond motifs is 8. The Hall–Kier alpha value is -3.47. The standard InChI is InChI=1S/C36H45FN4/c1-9-23-25(11-3)33-29(15-7)34-26(12-4)27(13-5)35(40-34)32(37)36-28(14-6)24(10-2)31(41(36)16-8)20-22-18-17-21(38-22)19-30(23)39-33/h17-20,38H,9-16H2,1-8H3. The number of rotatable bonds is 8. The Morgan fingerprint density at radius 1 is 0.610 bits per heavy atom. The molecular formula is C36H45FN4. The van der Waals surface area contributed by atoms with Crippen molar-refractivity contribution in [2.45, 2.75) is 107 Å². The third-order valence-electron chi connectivity index (χ3n) is 8.97. The second-order valence-electron chi connectivity index (χ2n) is 10.9. The summed E-state index contributed by atoms with van der Waals surface area (Å²) < 4.78 is 19.3. The minimum absolute atomic E-state index is 0.194. The Morgan fingerprint density at radius 2 is 1.15 bits per heavy atom. The normalized spacial score (nSPS) is 13.6. The highest BCUT2D eigenvalue weighted by Crippen LogP contribution is 2.42. The van der Waals surface area contributed by atoms with Crippen LogP contribution in [0.25, 0.3) is 44.4 Å². The number of H-pyrrole nitrogens is 1. The topological polar surface area (TPSA) is 46.5 Å². The molecule has 4 nitrogen and oxygen atoms in total. The highest BCUT2D eigenvalue weighted by atomic mass is 19.1. The first-order chi connectivity index (χ1) is 19.9. The van der Waals surface area contributed by atoms with E-state index in [9.17, 15) is 0 Å². The van der Waals surface area contributed by atoms with Gasteiger partial charge in [-0.1, -0.05) is 48.5 Å². The number of aromatic nitrogens is 4. The number of nitrogens with zero attached hydrogens (tertiary/aromatic N) is 3. The van der Waals surface area contributed by atoms with E-state index in [1.165, 1.54) is 16.7 Å². The number of halogens is 1. The summed E-state index contributed by atoms with van der Waals surface area (Å²) in [4.78, 5) is 14.1. The van der Waals surface area contributed by atoms with Gasteiger partial charge in [0.05, 0.1) is 22.6 Å². The summed E-state index contributed by atoms with van der Waals surface area (Å²) >= 11 is 0. The largest absolute Gasteiger partial charge is 0.355 e. The molecule has 41 heavy (non-hydrogen) atoms. The summed E-state index contributed by atoms with van der Waals surface area (Å²) in [5, 5.41) is 0. The highest BCUT2D eigenvalue weighted by molar-refractivity contribution is 5.97. The van der Waals surface area contributed by atoms with Crippen LogP contribution in [-0.4, -0.2) is 19.5 Å². The van der Waals surface area contributed by atoms with Gasteiger partial charge in [0.15, 0.2) is 5.82 Å². The van der Waals surface area contributed by atoms with Gasteiger partial charge in [0.1, 0.15) is 5.69 Å². The molecule has 5 heteroatoms. The summed E-state index contributed by atoms with van der Waals surface area (Å²) in [5.74, 6) is -0.194. The Morgan fingerprint density at radius 3 is 1.71 bits per heavy atom. The minimum Gasteiger partial charge on any atom is -0.355 e. The van der Waals surface area contributed by atoms with Gasteiger partial charge in [-0.25, -0.2) is 14.4 Å². The Labute approximate surface area is 244 Å². The van der Waals surface area contributed by atoms with Gasteiger partial charge in [0, 0.05) is 28.7 Å². The van der Waals surface area contributed by atoms with Crippen LogP contribution in [0.1, 0.15) is 121 Å². The van der Waals surface area contributed by atoms with Crippen molar-refractivity contribution in [2.75, 3.05) is 0 Å². The molecule has 3 aromatic heterocycles. The maximum absolute atomic E-state index is 17.2. The van der Waals surface area contributed by atoms with Crippen LogP contribution in [0, 0.1) is 5.82 Å². The van der Waals surface area contributed by atoms with E-state index in [-0.39, 0.29) is 5.82 Å². The fraction of sp³-hybridized carbons (Fsp3) is 0.444. The van der Waals surface area contributed by atoms with Crippen molar-refractivity contribution in [1.82, 2.24) is 19.5 Å². The maximum atomic E-state index is 17.2. The zero-order valence-electron chi connectivity index (χ0n) is 26.2. The van der Waals surface area contributed by atoms with Crippen molar-refractivity contribution in [3.05, 3.63) is 69.5 Å². The van der Waals surface area contributed by atoms with Gasteiger partial charge in [-0.05, 0) is 110 Å². The molecule has 5 heterocycles. The van der Waals surface area contributed by atoms with Gasteiger partial charge in [0.25, 0.3) is 0 Å². The van der Waals surface area contributed by atoms with Crippen LogP contribution in [-0.2, 0) is 25.8 Å². The smallest absolute Gasteiger partial charge is 0.173 e. The fourth-order valence-corrected chi connectivity index (χ4v) is 7.14. The maximum Gasteiger partial charge on any atom is 0.173 e. The van der Waals surface area contributed by atoms with Gasteiger partial charge < -0.3 is 9.55 Å². The lowest BCUT2D eigenvalue weighted by molar-refractivity contribution is 0.617. The molecule has 0 spiro atoms. The predicted molar refractivity (Wildman–Crippen MR) is 173 cm³/mol. The molecule has 1 N–H and O–H groups in total. The molecule has 0 fully saturated rings. The molecule has 2 aliphatic rings. The Bertz CT molecular complexity index is 1730. The van der Waals surface area contributed by atoms with Crippen LogP contribution in [0.5, 0.6) is 0 Å². The van der Waals surface area contributed by atoms with Crippen LogP contribution in [0.15, 0.2) is 24.3 Å². The molecule has 0 radical (unpaired) electrons. The number of nitrogens with one attached hydrogen (secondary N) is 1. The fourth-order valence-electron chi connectivity index (χ4n) is 7.14. The average Bonchev–Trinajstić information content (AvgIpc) is 3.74. The first kappa shape index (κ1) is 29.0. The van der Waals surface area contributed by atoms with E-state index in [1.54, 1.807) is 0 Å². The van der Waals surface area contributed by atoms with Crippen LogP contribution < -0.4 is 0 Å². The third-order valence-corrected chi connectivity index (χ3v) is 8.97. The second kappa shape index (κ2) is 11.8. The quantitative estimate of drug-likeness (QED) is 0.302. The molecule has 0 unspecified atom stereocenters. The number of allylic oxidation sites excluding steroid dienone is 4. The van der Waals surface area contributed by atoms with E-state index < -0.39 is 0 Å². The predicted octanol–water partition coefficient (Wildman–Crippen LogP) is 10.1. The summed E-state index contributed by atoms with van der Waals surface area (Å²) in [6.45, 7) is 18.0. The number of hydrogen-bond donors (Lipinski definition) is 1. The van der Waals surface area contributed by atoms with Crippen molar-refractivity contribution in [2.24, 2.45) is 0 Å². The monoisotopic (exact) mass is 552 g/mol. The molecule has 0 aromatic carbocycles. The number of aryl methyl sites for hydroxylation is 3. The minimum atomic E-state index is -0.194. The first-order valence-corrected chi connectivity index (χ1v) is 15.8. The number of hydrogen-bond acceptors (Lipinski definition) is 2. The van der Waals surface area contributed by atoms with Crippen LogP contribution in [0.4, 0.5) is 4.39 Å². The van der Waals surface area contributed by atoms with Crippen LogP contribution in [0.2, 0.25) is 0 Å². The molecule has 3 aromatic rings. The summed E-state index contributed by atoms with van der Waals surface area (Å²) in [6, 6.07) is 8.62. The van der Waals surface area contributed by atoms with E-state index in [2.05, 4.69) is 89.2 Å². The van der Waals surface area contributed by atoms with E-state index in [4.69, 9.17) is 9.97 Å². The Balaban J connectivity index is 2.12. The van der Waals surface area contributed by atoms with E-state index in [0.717, 1.165) is 101 Å². The summed E-state index contributed by atoms with van der Waals surface area (Å²) in [7, 11) is 0. The van der Waals surface area contributed by atoms with Crippen molar-refractivity contribution in [1.29, 1.82) is 0 Å². The van der Waals surface area contributed by atoms with Crippen molar-refractivity contribution < 1.29 is 4.39 Å². The Kier molecular flexibility index (Phi) is 8.35. The average molecular weight is 553 g/mol. The summed E-state index contributed by atoms with van der Waals surface area (Å²) in [6.07, 6.45) is 5.76. The summed E-state index contributed by atoms with van der Waals surface area (Å²) in [5.41, 5.74) is 15.5. The van der Waals surface area contributed by atoms with Gasteiger partial charge in [-0.2, -0.15) is 0 Å². The molecule has 0 saturated heterocycles. The van der Waals surface area contributed by atoms with Crippen molar-refractivity contribution >= 4 is 44.4 Å². The first-order valence-electron chi connectivity index (χ1n) is 15.8. The number of aromatic amines is 1. The van der Waals surface area contributed by atoms with Gasteiger partial charge in [0.2, 0.25) is 0 Å². The zero-order chi connectivity index (χ0) is 29.4. The lowest BCUT2D eigenvalue weighted by Gasteiger charge is -2.10. The van der Waals surface area contributed by atoms with Crippen molar-refractivity contribution in [3.8, 4) is 0 Å².